The van der Waals surface area contributed by atoms with E-state index >= 15 is 0 Å². The lowest BCUT2D eigenvalue weighted by atomic mass is 9.76. The van der Waals surface area contributed by atoms with Gasteiger partial charge in [-0.15, -0.1) is 22.7 Å². The first-order valence-corrected chi connectivity index (χ1v) is 8.26. The standard InChI is InChI=1S/C16H20S2/c1-7-8(2)14-10(4)12(6)18-16(14)15-13(7)9(3)11(5)17-15/h7-8H,1-6H3. The molecular formula is C16H20S2. The Balaban J connectivity index is 2.38. The van der Waals surface area contributed by atoms with Crippen molar-refractivity contribution in [3.8, 4) is 9.75 Å². The van der Waals surface area contributed by atoms with Gasteiger partial charge in [0.15, 0.2) is 0 Å². The van der Waals surface area contributed by atoms with Crippen LogP contribution in [0.5, 0.6) is 0 Å². The summed E-state index contributed by atoms with van der Waals surface area (Å²) in [5, 5.41) is 0. The van der Waals surface area contributed by atoms with Crippen molar-refractivity contribution in [3.05, 3.63) is 32.0 Å². The topological polar surface area (TPSA) is 0 Å². The molecule has 2 heterocycles. The Hall–Kier alpha value is -0.600. The van der Waals surface area contributed by atoms with Crippen LogP contribution < -0.4 is 0 Å². The molecule has 2 atom stereocenters. The smallest absolute Gasteiger partial charge is 0.0486 e. The molecule has 0 radical (unpaired) electrons. The largest absolute Gasteiger partial charge is 0.139 e. The molecule has 0 N–H and O–H groups in total. The van der Waals surface area contributed by atoms with Crippen molar-refractivity contribution < 1.29 is 0 Å². The van der Waals surface area contributed by atoms with Crippen molar-refractivity contribution in [1.82, 2.24) is 0 Å². The molecule has 0 aromatic carbocycles. The van der Waals surface area contributed by atoms with E-state index in [9.17, 15) is 0 Å². The van der Waals surface area contributed by atoms with E-state index < -0.39 is 0 Å². The van der Waals surface area contributed by atoms with Gasteiger partial charge in [0.05, 0.1) is 0 Å². The van der Waals surface area contributed by atoms with E-state index in [0.717, 1.165) is 0 Å². The summed E-state index contributed by atoms with van der Waals surface area (Å²) in [6, 6.07) is 0. The van der Waals surface area contributed by atoms with Gasteiger partial charge in [-0.1, -0.05) is 13.8 Å². The zero-order valence-corrected chi connectivity index (χ0v) is 13.6. The molecule has 0 saturated heterocycles. The Morgan fingerprint density at radius 1 is 0.667 bits per heavy atom. The molecule has 2 unspecified atom stereocenters. The van der Waals surface area contributed by atoms with Gasteiger partial charge in [-0.05, 0) is 61.8 Å². The third-order valence-corrected chi connectivity index (χ3v) is 7.34. The first-order valence-electron chi connectivity index (χ1n) is 6.63. The van der Waals surface area contributed by atoms with E-state index in [1.165, 1.54) is 20.9 Å². The molecule has 1 aliphatic rings. The SMILES string of the molecule is Cc1sc2c(c1C)C(C)C(C)c1c-2sc(C)c1C. The number of rotatable bonds is 0. The molecule has 1 aliphatic carbocycles. The fourth-order valence-corrected chi connectivity index (χ4v) is 5.91. The van der Waals surface area contributed by atoms with Gasteiger partial charge in [-0.3, -0.25) is 0 Å². The molecule has 0 nitrogen and oxygen atoms in total. The lowest BCUT2D eigenvalue weighted by molar-refractivity contribution is 0.615. The molecule has 0 aliphatic heterocycles. The van der Waals surface area contributed by atoms with Gasteiger partial charge in [0, 0.05) is 19.5 Å². The van der Waals surface area contributed by atoms with Gasteiger partial charge >= 0.3 is 0 Å². The van der Waals surface area contributed by atoms with Gasteiger partial charge in [0.1, 0.15) is 0 Å². The normalized spacial score (nSPS) is 21.9. The maximum Gasteiger partial charge on any atom is 0.0486 e. The molecule has 0 amide bonds. The molecule has 3 rings (SSSR count). The van der Waals surface area contributed by atoms with Crippen LogP contribution in [-0.4, -0.2) is 0 Å². The van der Waals surface area contributed by atoms with Crippen LogP contribution in [0, 0.1) is 27.7 Å². The number of hydrogen-bond acceptors (Lipinski definition) is 2. The predicted molar refractivity (Wildman–Crippen MR) is 83.4 cm³/mol. The molecular weight excluding hydrogens is 256 g/mol. The van der Waals surface area contributed by atoms with Gasteiger partial charge in [0.25, 0.3) is 0 Å². The highest BCUT2D eigenvalue weighted by Gasteiger charge is 2.34. The third kappa shape index (κ3) is 1.42. The molecule has 96 valence electrons. The summed E-state index contributed by atoms with van der Waals surface area (Å²) in [5.41, 5.74) is 6.31. The highest BCUT2D eigenvalue weighted by Crippen LogP contribution is 2.55. The first kappa shape index (κ1) is 12.4. The van der Waals surface area contributed by atoms with E-state index in [2.05, 4.69) is 41.5 Å². The van der Waals surface area contributed by atoms with Crippen LogP contribution in [0.4, 0.5) is 0 Å². The quantitative estimate of drug-likeness (QED) is 0.559. The summed E-state index contributed by atoms with van der Waals surface area (Å²) in [5.74, 6) is 1.32. The van der Waals surface area contributed by atoms with E-state index in [1.807, 2.05) is 22.7 Å². The van der Waals surface area contributed by atoms with Gasteiger partial charge in [-0.25, -0.2) is 0 Å². The van der Waals surface area contributed by atoms with Crippen molar-refractivity contribution in [2.24, 2.45) is 0 Å². The molecule has 0 fully saturated rings. The molecule has 18 heavy (non-hydrogen) atoms. The second-order valence-corrected chi connectivity index (χ2v) is 8.08. The van der Waals surface area contributed by atoms with Crippen molar-refractivity contribution in [2.45, 2.75) is 53.4 Å². The lowest BCUT2D eigenvalue weighted by Gasteiger charge is -2.28. The Morgan fingerprint density at radius 2 is 1.00 bits per heavy atom. The van der Waals surface area contributed by atoms with Gasteiger partial charge < -0.3 is 0 Å². The van der Waals surface area contributed by atoms with Crippen molar-refractivity contribution in [1.29, 1.82) is 0 Å². The van der Waals surface area contributed by atoms with Crippen LogP contribution in [0.15, 0.2) is 0 Å². The van der Waals surface area contributed by atoms with Crippen LogP contribution in [0.25, 0.3) is 9.75 Å². The summed E-state index contributed by atoms with van der Waals surface area (Å²) in [4.78, 5) is 6.12. The molecule has 2 heteroatoms. The maximum absolute atomic E-state index is 2.40. The Bertz CT molecular complexity index is 572. The summed E-state index contributed by atoms with van der Waals surface area (Å²) < 4.78 is 0. The average molecular weight is 276 g/mol. The van der Waals surface area contributed by atoms with Crippen molar-refractivity contribution in [2.75, 3.05) is 0 Å². The number of fused-ring (bicyclic) bond motifs is 3. The molecule has 2 aromatic heterocycles. The zero-order chi connectivity index (χ0) is 13.2. The van der Waals surface area contributed by atoms with E-state index in [0.29, 0.717) is 11.8 Å². The first-order chi connectivity index (χ1) is 8.43. The molecule has 0 bridgehead atoms. The second kappa shape index (κ2) is 3.94. The van der Waals surface area contributed by atoms with Crippen LogP contribution in [0.3, 0.4) is 0 Å². The van der Waals surface area contributed by atoms with Crippen LogP contribution >= 0.6 is 22.7 Å². The number of aryl methyl sites for hydroxylation is 2. The minimum Gasteiger partial charge on any atom is -0.139 e. The van der Waals surface area contributed by atoms with E-state index in [4.69, 9.17) is 0 Å². The average Bonchev–Trinajstić information content (AvgIpc) is 2.77. The van der Waals surface area contributed by atoms with Gasteiger partial charge in [0.2, 0.25) is 0 Å². The molecule has 0 spiro atoms. The maximum atomic E-state index is 2.40. The minimum atomic E-state index is 0.658. The van der Waals surface area contributed by atoms with Crippen LogP contribution in [-0.2, 0) is 0 Å². The Labute approximate surface area is 118 Å². The van der Waals surface area contributed by atoms with Crippen LogP contribution in [0.1, 0.15) is 57.7 Å². The van der Waals surface area contributed by atoms with Crippen molar-refractivity contribution >= 4 is 22.7 Å². The van der Waals surface area contributed by atoms with Crippen LogP contribution in [0.2, 0.25) is 0 Å². The fourth-order valence-electron chi connectivity index (χ4n) is 3.22. The predicted octanol–water partition coefficient (Wildman–Crippen LogP) is 5.93. The Kier molecular flexibility index (Phi) is 2.73. The number of hydrogen-bond donors (Lipinski definition) is 0. The monoisotopic (exact) mass is 276 g/mol. The van der Waals surface area contributed by atoms with Crippen molar-refractivity contribution in [3.63, 3.8) is 0 Å². The van der Waals surface area contributed by atoms with E-state index in [-0.39, 0.29) is 0 Å². The van der Waals surface area contributed by atoms with E-state index in [1.54, 1.807) is 20.9 Å². The second-order valence-electron chi connectivity index (χ2n) is 5.63. The third-order valence-electron chi connectivity index (χ3n) is 4.73. The fraction of sp³-hybridized carbons (Fsp3) is 0.500. The highest BCUT2D eigenvalue weighted by atomic mass is 32.1. The summed E-state index contributed by atoms with van der Waals surface area (Å²) in [6.45, 7) is 13.9. The Morgan fingerprint density at radius 3 is 1.33 bits per heavy atom. The molecule has 2 aromatic rings. The van der Waals surface area contributed by atoms with Gasteiger partial charge in [-0.2, -0.15) is 0 Å². The lowest BCUT2D eigenvalue weighted by Crippen LogP contribution is -2.11. The minimum absolute atomic E-state index is 0.658. The summed E-state index contributed by atoms with van der Waals surface area (Å²) in [6.07, 6.45) is 0. The summed E-state index contributed by atoms with van der Waals surface area (Å²) >= 11 is 4.00. The highest BCUT2D eigenvalue weighted by molar-refractivity contribution is 7.22. The molecule has 0 saturated carbocycles. The zero-order valence-electron chi connectivity index (χ0n) is 12.0. The summed E-state index contributed by atoms with van der Waals surface area (Å²) in [7, 11) is 0. The number of thiophene rings is 2.